The summed E-state index contributed by atoms with van der Waals surface area (Å²) in [5.74, 6) is 0. The van der Waals surface area contributed by atoms with E-state index in [0.29, 0.717) is 0 Å². The van der Waals surface area contributed by atoms with Crippen LogP contribution in [-0.4, -0.2) is 26.6 Å². The molecule has 0 atom stereocenters. The first-order valence-electron chi connectivity index (χ1n) is 9.86. The quantitative estimate of drug-likeness (QED) is 0.508. The minimum atomic E-state index is 0.837. The number of allylic oxidation sites excluding steroid dienone is 3. The molecule has 5 rings (SSSR count). The van der Waals surface area contributed by atoms with Gasteiger partial charge in [0.15, 0.2) is 0 Å². The molecule has 0 fully saturated rings. The molecule has 1 aliphatic rings. The lowest BCUT2D eigenvalue weighted by molar-refractivity contribution is 0.960. The Morgan fingerprint density at radius 1 is 1.13 bits per heavy atom. The molecule has 146 valence electrons. The highest BCUT2D eigenvalue weighted by Gasteiger charge is 2.19. The van der Waals surface area contributed by atoms with Crippen molar-refractivity contribution in [1.82, 2.24) is 24.9 Å². The van der Waals surface area contributed by atoms with Crippen molar-refractivity contribution in [3.63, 3.8) is 0 Å². The van der Waals surface area contributed by atoms with E-state index < -0.39 is 0 Å². The molecule has 0 radical (unpaired) electrons. The second-order valence-electron chi connectivity index (χ2n) is 7.18. The molecule has 1 aliphatic carbocycles. The third kappa shape index (κ3) is 3.01. The zero-order valence-electron chi connectivity index (χ0n) is 16.7. The standard InChI is InChI=1S/C25H21N5/c1-3-17(13-26-2)20-11-22-21(6-7-24(22)28-15-20)18-8-10-30-25(12-18)23(16-29-30)19-5-4-9-27-14-19/h3-6,8-16,26H,1,7H2,2H3/b17-13+. The minimum Gasteiger partial charge on any atom is -0.393 e. The van der Waals surface area contributed by atoms with Crippen LogP contribution < -0.4 is 5.32 Å². The number of hydrogen-bond donors (Lipinski definition) is 1. The Bertz CT molecular complexity index is 1310. The number of fused-ring (bicyclic) bond motifs is 2. The summed E-state index contributed by atoms with van der Waals surface area (Å²) in [6.45, 7) is 3.93. The maximum atomic E-state index is 4.71. The Morgan fingerprint density at radius 2 is 2.07 bits per heavy atom. The van der Waals surface area contributed by atoms with Crippen molar-refractivity contribution < 1.29 is 0 Å². The Balaban J connectivity index is 1.60. The van der Waals surface area contributed by atoms with Gasteiger partial charge in [0.25, 0.3) is 0 Å². The van der Waals surface area contributed by atoms with Crippen LogP contribution in [0.3, 0.4) is 0 Å². The van der Waals surface area contributed by atoms with E-state index in [0.717, 1.165) is 45.5 Å². The predicted octanol–water partition coefficient (Wildman–Crippen LogP) is 4.53. The van der Waals surface area contributed by atoms with Crippen LogP contribution in [0.2, 0.25) is 0 Å². The first kappa shape index (κ1) is 18.1. The van der Waals surface area contributed by atoms with Gasteiger partial charge in [0.1, 0.15) is 0 Å². The fourth-order valence-corrected chi connectivity index (χ4v) is 3.94. The Hall–Kier alpha value is -3.99. The average molecular weight is 391 g/mol. The third-order valence-corrected chi connectivity index (χ3v) is 5.42. The largest absolute Gasteiger partial charge is 0.393 e. The summed E-state index contributed by atoms with van der Waals surface area (Å²) in [4.78, 5) is 8.96. The van der Waals surface area contributed by atoms with Crippen LogP contribution in [0.1, 0.15) is 22.4 Å². The van der Waals surface area contributed by atoms with E-state index in [1.807, 2.05) is 54.7 Å². The Labute approximate surface area is 175 Å². The normalized spacial score (nSPS) is 13.2. The third-order valence-electron chi connectivity index (χ3n) is 5.42. The number of pyridine rings is 3. The molecule has 0 bridgehead atoms. The molecule has 4 aromatic heterocycles. The number of nitrogens with zero attached hydrogens (tertiary/aromatic N) is 4. The van der Waals surface area contributed by atoms with Crippen molar-refractivity contribution >= 4 is 16.7 Å². The van der Waals surface area contributed by atoms with E-state index in [9.17, 15) is 0 Å². The van der Waals surface area contributed by atoms with Gasteiger partial charge in [0.05, 0.1) is 17.4 Å². The van der Waals surface area contributed by atoms with Gasteiger partial charge in [-0.1, -0.05) is 24.8 Å². The fourth-order valence-electron chi connectivity index (χ4n) is 3.94. The van der Waals surface area contributed by atoms with Crippen LogP contribution in [0.15, 0.2) is 86.2 Å². The van der Waals surface area contributed by atoms with Crippen LogP contribution in [0.4, 0.5) is 0 Å². The van der Waals surface area contributed by atoms with Gasteiger partial charge in [0, 0.05) is 66.7 Å². The summed E-state index contributed by atoms with van der Waals surface area (Å²) < 4.78 is 1.91. The molecule has 0 aromatic carbocycles. The molecule has 0 amide bonds. The zero-order valence-corrected chi connectivity index (χ0v) is 16.7. The second-order valence-corrected chi connectivity index (χ2v) is 7.18. The number of nitrogens with one attached hydrogen (secondary N) is 1. The van der Waals surface area contributed by atoms with Crippen LogP contribution in [-0.2, 0) is 6.42 Å². The molecule has 0 saturated heterocycles. The number of rotatable bonds is 5. The van der Waals surface area contributed by atoms with Crippen molar-refractivity contribution in [3.05, 3.63) is 109 Å². The number of hydrogen-bond acceptors (Lipinski definition) is 4. The summed E-state index contributed by atoms with van der Waals surface area (Å²) in [7, 11) is 1.89. The highest BCUT2D eigenvalue weighted by Crippen LogP contribution is 2.35. The first-order valence-corrected chi connectivity index (χ1v) is 9.86. The van der Waals surface area contributed by atoms with E-state index in [4.69, 9.17) is 4.98 Å². The van der Waals surface area contributed by atoms with Gasteiger partial charge >= 0.3 is 0 Å². The van der Waals surface area contributed by atoms with E-state index in [-0.39, 0.29) is 0 Å². The molecular weight excluding hydrogens is 370 g/mol. The number of aromatic nitrogens is 4. The first-order chi connectivity index (χ1) is 14.8. The molecule has 30 heavy (non-hydrogen) atoms. The SMILES string of the molecule is C=C/C(=C\NC)c1cnc2c(c1)C(c1ccn3ncc(-c4cccnc4)c3c1)=CC2. The van der Waals surface area contributed by atoms with Crippen LogP contribution in [0, 0.1) is 0 Å². The van der Waals surface area contributed by atoms with Gasteiger partial charge in [-0.15, -0.1) is 0 Å². The average Bonchev–Trinajstić information content (AvgIpc) is 3.41. The lowest BCUT2D eigenvalue weighted by atomic mass is 9.98. The summed E-state index contributed by atoms with van der Waals surface area (Å²) in [5.41, 5.74) is 9.88. The molecular formula is C25H21N5. The summed E-state index contributed by atoms with van der Waals surface area (Å²) in [6, 6.07) is 10.5. The van der Waals surface area contributed by atoms with Gasteiger partial charge in [0.2, 0.25) is 0 Å². The summed E-state index contributed by atoms with van der Waals surface area (Å²) >= 11 is 0. The van der Waals surface area contributed by atoms with Gasteiger partial charge in [-0.2, -0.15) is 5.10 Å². The molecule has 0 spiro atoms. The van der Waals surface area contributed by atoms with E-state index in [1.54, 1.807) is 6.20 Å². The van der Waals surface area contributed by atoms with Crippen molar-refractivity contribution in [2.24, 2.45) is 0 Å². The van der Waals surface area contributed by atoms with Gasteiger partial charge in [-0.3, -0.25) is 9.97 Å². The highest BCUT2D eigenvalue weighted by atomic mass is 15.2. The lowest BCUT2D eigenvalue weighted by Crippen LogP contribution is -1.98. The molecule has 4 heterocycles. The van der Waals surface area contributed by atoms with Crippen LogP contribution >= 0.6 is 0 Å². The Morgan fingerprint density at radius 3 is 2.87 bits per heavy atom. The zero-order chi connectivity index (χ0) is 20.5. The molecule has 5 heteroatoms. The highest BCUT2D eigenvalue weighted by molar-refractivity contribution is 5.89. The van der Waals surface area contributed by atoms with Crippen LogP contribution in [0.25, 0.3) is 27.8 Å². The molecule has 0 unspecified atom stereocenters. The van der Waals surface area contributed by atoms with Gasteiger partial charge in [-0.25, -0.2) is 4.52 Å². The van der Waals surface area contributed by atoms with Crippen molar-refractivity contribution in [3.8, 4) is 11.1 Å². The van der Waals surface area contributed by atoms with Gasteiger partial charge in [-0.05, 0) is 41.0 Å². The summed E-state index contributed by atoms with van der Waals surface area (Å²) in [6.07, 6.45) is 16.3. The molecule has 0 saturated carbocycles. The second kappa shape index (κ2) is 7.44. The van der Waals surface area contributed by atoms with E-state index in [1.165, 1.54) is 11.1 Å². The van der Waals surface area contributed by atoms with E-state index in [2.05, 4.69) is 52.3 Å². The van der Waals surface area contributed by atoms with Crippen molar-refractivity contribution in [2.75, 3.05) is 7.05 Å². The monoisotopic (exact) mass is 391 g/mol. The minimum absolute atomic E-state index is 0.837. The smallest absolute Gasteiger partial charge is 0.0746 e. The maximum absolute atomic E-state index is 4.71. The molecule has 5 nitrogen and oxygen atoms in total. The molecule has 0 aliphatic heterocycles. The molecule has 4 aromatic rings. The molecule has 1 N–H and O–H groups in total. The van der Waals surface area contributed by atoms with Crippen LogP contribution in [0.5, 0.6) is 0 Å². The van der Waals surface area contributed by atoms with Crippen molar-refractivity contribution in [2.45, 2.75) is 6.42 Å². The van der Waals surface area contributed by atoms with E-state index >= 15 is 0 Å². The fraction of sp³-hybridized carbons (Fsp3) is 0.0800. The van der Waals surface area contributed by atoms with Gasteiger partial charge < -0.3 is 5.32 Å². The van der Waals surface area contributed by atoms with Crippen molar-refractivity contribution in [1.29, 1.82) is 0 Å². The predicted molar refractivity (Wildman–Crippen MR) is 121 cm³/mol. The topological polar surface area (TPSA) is 55.1 Å². The lowest BCUT2D eigenvalue weighted by Gasteiger charge is -2.10. The Kier molecular flexibility index (Phi) is 4.48. The summed E-state index contributed by atoms with van der Waals surface area (Å²) in [5, 5.41) is 7.58. The maximum Gasteiger partial charge on any atom is 0.0746 e.